The van der Waals surface area contributed by atoms with E-state index >= 15 is 0 Å². The number of aryl methyl sites for hydroxylation is 1. The number of carbonyl (C=O) groups is 1. The number of fused-ring (bicyclic) bond motifs is 1. The van der Waals surface area contributed by atoms with Gasteiger partial charge in [0.25, 0.3) is 0 Å². The molecular formula is C27H34ClNO2. The van der Waals surface area contributed by atoms with Crippen LogP contribution in [-0.2, 0) is 13.0 Å². The maximum Gasteiger partial charge on any atom is 0.165 e. The van der Waals surface area contributed by atoms with Gasteiger partial charge in [0, 0.05) is 46.8 Å². The molecule has 1 aromatic heterocycles. The Morgan fingerprint density at radius 2 is 1.68 bits per heavy atom. The summed E-state index contributed by atoms with van der Waals surface area (Å²) < 4.78 is 2.26. The fraction of sp³-hybridized carbons (Fsp3) is 0.444. The maximum absolute atomic E-state index is 13.6. The van der Waals surface area contributed by atoms with Gasteiger partial charge in [0.1, 0.15) is 0 Å². The van der Waals surface area contributed by atoms with Crippen molar-refractivity contribution in [3.8, 4) is 0 Å². The average Bonchev–Trinajstić information content (AvgIpc) is 2.94. The summed E-state index contributed by atoms with van der Waals surface area (Å²) in [7, 11) is 0. The Bertz CT molecular complexity index is 1090. The van der Waals surface area contributed by atoms with Crippen LogP contribution < -0.4 is 0 Å². The normalized spacial score (nSPS) is 12.5. The predicted octanol–water partition coefficient (Wildman–Crippen LogP) is 6.83. The molecule has 0 aliphatic carbocycles. The van der Waals surface area contributed by atoms with Crippen molar-refractivity contribution in [1.82, 2.24) is 4.57 Å². The van der Waals surface area contributed by atoms with Gasteiger partial charge in [-0.2, -0.15) is 0 Å². The second-order valence-corrected chi connectivity index (χ2v) is 11.2. The van der Waals surface area contributed by atoms with Gasteiger partial charge in [-0.3, -0.25) is 4.79 Å². The van der Waals surface area contributed by atoms with Gasteiger partial charge >= 0.3 is 0 Å². The molecule has 31 heavy (non-hydrogen) atoms. The van der Waals surface area contributed by atoms with E-state index in [1.54, 1.807) is 0 Å². The van der Waals surface area contributed by atoms with Gasteiger partial charge in [0.05, 0.1) is 0 Å². The molecule has 1 N–H and O–H groups in total. The number of nitrogens with zero attached hydrogens (tertiary/aromatic N) is 1. The maximum atomic E-state index is 13.6. The zero-order chi connectivity index (χ0) is 23.0. The highest BCUT2D eigenvalue weighted by molar-refractivity contribution is 6.30. The van der Waals surface area contributed by atoms with Crippen LogP contribution in [0.25, 0.3) is 10.9 Å². The summed E-state index contributed by atoms with van der Waals surface area (Å²) in [6.07, 6.45) is 1.10. The lowest BCUT2D eigenvalue weighted by Crippen LogP contribution is -2.24. The molecule has 0 amide bonds. The number of carbonyl (C=O) groups excluding carboxylic acids is 1. The number of Topliss-reactive ketones (excluding diaryl/α,β-unsaturated/α-hetero) is 1. The van der Waals surface area contributed by atoms with Crippen molar-refractivity contribution in [2.75, 3.05) is 6.61 Å². The van der Waals surface area contributed by atoms with Crippen molar-refractivity contribution < 1.29 is 9.90 Å². The molecule has 0 radical (unpaired) electrons. The molecule has 3 rings (SSSR count). The van der Waals surface area contributed by atoms with E-state index in [-0.39, 0.29) is 23.2 Å². The second-order valence-electron chi connectivity index (χ2n) is 10.7. The number of hydrogen-bond acceptors (Lipinski definition) is 2. The van der Waals surface area contributed by atoms with E-state index in [0.29, 0.717) is 24.4 Å². The van der Waals surface area contributed by atoms with E-state index < -0.39 is 0 Å². The fourth-order valence-electron chi connectivity index (χ4n) is 4.05. The van der Waals surface area contributed by atoms with Crippen LogP contribution in [0, 0.1) is 17.8 Å². The summed E-state index contributed by atoms with van der Waals surface area (Å²) >= 11 is 6.09. The van der Waals surface area contributed by atoms with Gasteiger partial charge in [0.2, 0.25) is 0 Å². The molecular weight excluding hydrogens is 406 g/mol. The van der Waals surface area contributed by atoms with Gasteiger partial charge in [-0.05, 0) is 54.0 Å². The Kier molecular flexibility index (Phi) is 6.69. The summed E-state index contributed by atoms with van der Waals surface area (Å²) in [5.41, 5.74) is 4.69. The molecule has 2 aromatic carbocycles. The van der Waals surface area contributed by atoms with E-state index in [1.165, 1.54) is 0 Å². The summed E-state index contributed by atoms with van der Waals surface area (Å²) in [6, 6.07) is 14.2. The van der Waals surface area contributed by atoms with Crippen molar-refractivity contribution in [3.05, 3.63) is 69.9 Å². The molecule has 0 unspecified atom stereocenters. The number of ketones is 1. The number of aliphatic hydroxyl groups excluding tert-OH is 1. The van der Waals surface area contributed by atoms with Gasteiger partial charge in [0.15, 0.2) is 5.78 Å². The third-order valence-corrected chi connectivity index (χ3v) is 5.88. The lowest BCUT2D eigenvalue weighted by molar-refractivity contribution is 0.0938. The molecule has 166 valence electrons. The Balaban J connectivity index is 2.26. The molecule has 3 nitrogen and oxygen atoms in total. The van der Waals surface area contributed by atoms with Crippen LogP contribution in [0.4, 0.5) is 0 Å². The number of hydrogen-bond donors (Lipinski definition) is 1. The van der Waals surface area contributed by atoms with Gasteiger partial charge in [-0.25, -0.2) is 0 Å². The lowest BCUT2D eigenvalue weighted by Gasteiger charge is -2.24. The molecule has 4 heteroatoms. The van der Waals surface area contributed by atoms with Crippen LogP contribution in [0.3, 0.4) is 0 Å². The van der Waals surface area contributed by atoms with Crippen molar-refractivity contribution in [2.24, 2.45) is 10.8 Å². The number of halogens is 1. The zero-order valence-electron chi connectivity index (χ0n) is 19.6. The van der Waals surface area contributed by atoms with Gasteiger partial charge < -0.3 is 9.67 Å². The fourth-order valence-corrected chi connectivity index (χ4v) is 4.17. The van der Waals surface area contributed by atoms with E-state index in [1.807, 2.05) is 38.1 Å². The lowest BCUT2D eigenvalue weighted by atomic mass is 9.83. The SMILES string of the molecule is Cc1ccc2c(c1)c(C(=O)CC(C)(C)C)c(CC(C)(C)CO)n2Cc1ccc(Cl)cc1. The molecule has 0 aliphatic rings. The van der Waals surface area contributed by atoms with Crippen LogP contribution in [0.2, 0.25) is 5.02 Å². The zero-order valence-corrected chi connectivity index (χ0v) is 20.3. The second kappa shape index (κ2) is 8.80. The van der Waals surface area contributed by atoms with Crippen LogP contribution in [-0.4, -0.2) is 22.1 Å². The van der Waals surface area contributed by atoms with E-state index in [2.05, 4.69) is 50.5 Å². The Hall–Kier alpha value is -2.10. The van der Waals surface area contributed by atoms with Crippen LogP contribution in [0.5, 0.6) is 0 Å². The van der Waals surface area contributed by atoms with E-state index in [0.717, 1.165) is 33.3 Å². The smallest absolute Gasteiger partial charge is 0.165 e. The quantitative estimate of drug-likeness (QED) is 0.410. The molecule has 0 spiro atoms. The average molecular weight is 440 g/mol. The Morgan fingerprint density at radius 3 is 2.26 bits per heavy atom. The van der Waals surface area contributed by atoms with Crippen molar-refractivity contribution in [2.45, 2.75) is 60.9 Å². The molecule has 0 aliphatic heterocycles. The third kappa shape index (κ3) is 5.58. The first-order valence-corrected chi connectivity index (χ1v) is 11.3. The monoisotopic (exact) mass is 439 g/mol. The minimum atomic E-state index is -0.335. The summed E-state index contributed by atoms with van der Waals surface area (Å²) in [4.78, 5) is 13.6. The van der Waals surface area contributed by atoms with E-state index in [9.17, 15) is 9.90 Å². The first-order valence-electron chi connectivity index (χ1n) is 10.9. The van der Waals surface area contributed by atoms with Gasteiger partial charge in [-0.1, -0.05) is 70.0 Å². The molecule has 0 saturated heterocycles. The minimum absolute atomic E-state index is 0.0569. The summed E-state index contributed by atoms with van der Waals surface area (Å²) in [5, 5.41) is 11.7. The van der Waals surface area contributed by atoms with Crippen molar-refractivity contribution in [3.63, 3.8) is 0 Å². The highest BCUT2D eigenvalue weighted by atomic mass is 35.5. The Labute approximate surface area is 191 Å². The third-order valence-electron chi connectivity index (χ3n) is 5.62. The summed E-state index contributed by atoms with van der Waals surface area (Å²) in [6.45, 7) is 13.1. The first kappa shape index (κ1) is 23.6. The van der Waals surface area contributed by atoms with Crippen molar-refractivity contribution >= 4 is 28.3 Å². The topological polar surface area (TPSA) is 42.2 Å². The predicted molar refractivity (Wildman–Crippen MR) is 130 cm³/mol. The van der Waals surface area contributed by atoms with E-state index in [4.69, 9.17) is 11.6 Å². The molecule has 0 saturated carbocycles. The number of aliphatic hydroxyl groups is 1. The van der Waals surface area contributed by atoms with Crippen LogP contribution in [0.1, 0.15) is 68.2 Å². The Morgan fingerprint density at radius 1 is 1.03 bits per heavy atom. The van der Waals surface area contributed by atoms with Gasteiger partial charge in [-0.15, -0.1) is 0 Å². The highest BCUT2D eigenvalue weighted by Crippen LogP contribution is 2.35. The molecule has 0 bridgehead atoms. The first-order chi connectivity index (χ1) is 14.4. The summed E-state index contributed by atoms with van der Waals surface area (Å²) in [5.74, 6) is 0.168. The number of rotatable bonds is 7. The molecule has 1 heterocycles. The molecule has 0 atom stereocenters. The number of aromatic nitrogens is 1. The van der Waals surface area contributed by atoms with Crippen molar-refractivity contribution in [1.29, 1.82) is 0 Å². The highest BCUT2D eigenvalue weighted by Gasteiger charge is 2.29. The minimum Gasteiger partial charge on any atom is -0.396 e. The molecule has 0 fully saturated rings. The molecule has 3 aromatic rings. The number of benzene rings is 2. The largest absolute Gasteiger partial charge is 0.396 e. The van der Waals surface area contributed by atoms with Crippen LogP contribution in [0.15, 0.2) is 42.5 Å². The standard InChI is InChI=1S/C27H34ClNO2/c1-18-7-12-22-21(13-18)25(24(31)15-26(2,3)4)23(14-27(5,6)17-30)29(22)16-19-8-10-20(28)11-9-19/h7-13,30H,14-17H2,1-6H3. The van der Waals surface area contributed by atoms with Crippen LogP contribution >= 0.6 is 11.6 Å².